The smallest absolute Gasteiger partial charge is 0.138 e. The third kappa shape index (κ3) is 6.00. The first kappa shape index (κ1) is 16.8. The predicted octanol–water partition coefficient (Wildman–Crippen LogP) is 0.392. The predicted molar refractivity (Wildman–Crippen MR) is 77.4 cm³/mol. The molecule has 2 rings (SSSR count). The van der Waals surface area contributed by atoms with Gasteiger partial charge < -0.3 is 24.3 Å². The van der Waals surface area contributed by atoms with E-state index in [-0.39, 0.29) is 5.92 Å². The number of morpholine rings is 1. The Bertz CT molecular complexity index is 300. The van der Waals surface area contributed by atoms with E-state index < -0.39 is 0 Å². The normalized spacial score (nSPS) is 28.5. The fraction of sp³-hybridized carbons (Fsp3) is 0.933. The summed E-state index contributed by atoms with van der Waals surface area (Å²) >= 11 is 0. The number of fused-ring (bicyclic) bond motifs is 2. The first-order valence-corrected chi connectivity index (χ1v) is 7.80. The Kier molecular flexibility index (Phi) is 7.60. The standard InChI is InChI=1S/C15H27NO5/c1-18-4-5-20-7-6-19-3-2-15(17)12-8-13-10-21-11-14(9-12)16-13/h12-14,16H,2-11H2,1H3. The molecule has 21 heavy (non-hydrogen) atoms. The lowest BCUT2D eigenvalue weighted by atomic mass is 9.83. The van der Waals surface area contributed by atoms with Gasteiger partial charge in [0.25, 0.3) is 0 Å². The van der Waals surface area contributed by atoms with Crippen LogP contribution in [0.15, 0.2) is 0 Å². The number of carbonyl (C=O) groups excluding carboxylic acids is 1. The average Bonchev–Trinajstić information content (AvgIpc) is 2.49. The van der Waals surface area contributed by atoms with Crippen LogP contribution in [-0.2, 0) is 23.7 Å². The van der Waals surface area contributed by atoms with Gasteiger partial charge in [-0.3, -0.25) is 4.79 Å². The quantitative estimate of drug-likeness (QED) is 0.589. The lowest BCUT2D eigenvalue weighted by Crippen LogP contribution is -2.55. The zero-order valence-electron chi connectivity index (χ0n) is 12.8. The second-order valence-corrected chi connectivity index (χ2v) is 5.70. The Morgan fingerprint density at radius 1 is 1.05 bits per heavy atom. The SMILES string of the molecule is COCCOCCOCCC(=O)C1CC2COCC(C1)N2. The summed E-state index contributed by atoms with van der Waals surface area (Å²) in [5.41, 5.74) is 0. The number of carbonyl (C=O) groups is 1. The van der Waals surface area contributed by atoms with Crippen molar-refractivity contribution in [2.45, 2.75) is 31.3 Å². The van der Waals surface area contributed by atoms with Crippen LogP contribution in [0.25, 0.3) is 0 Å². The van der Waals surface area contributed by atoms with Gasteiger partial charge in [-0.1, -0.05) is 0 Å². The number of piperidine rings is 1. The number of methoxy groups -OCH3 is 1. The Morgan fingerprint density at radius 2 is 1.67 bits per heavy atom. The van der Waals surface area contributed by atoms with Gasteiger partial charge in [0, 0.05) is 31.5 Å². The molecule has 2 bridgehead atoms. The van der Waals surface area contributed by atoms with E-state index >= 15 is 0 Å². The van der Waals surface area contributed by atoms with Gasteiger partial charge in [-0.25, -0.2) is 0 Å². The summed E-state index contributed by atoms with van der Waals surface area (Å²) < 4.78 is 21.1. The van der Waals surface area contributed by atoms with Crippen LogP contribution in [0.1, 0.15) is 19.3 Å². The number of ether oxygens (including phenoxy) is 4. The van der Waals surface area contributed by atoms with Gasteiger partial charge in [0.15, 0.2) is 0 Å². The molecule has 0 aromatic heterocycles. The van der Waals surface area contributed by atoms with Crippen LogP contribution in [-0.4, -0.2) is 71.2 Å². The molecule has 122 valence electrons. The summed E-state index contributed by atoms with van der Waals surface area (Å²) in [6, 6.07) is 0.697. The minimum atomic E-state index is 0.173. The van der Waals surface area contributed by atoms with Crippen molar-refractivity contribution in [1.82, 2.24) is 5.32 Å². The number of rotatable bonds is 10. The minimum absolute atomic E-state index is 0.173. The molecule has 0 spiro atoms. The molecule has 2 fully saturated rings. The lowest BCUT2D eigenvalue weighted by molar-refractivity contribution is -0.127. The Labute approximate surface area is 126 Å². The van der Waals surface area contributed by atoms with Crippen LogP contribution in [0.5, 0.6) is 0 Å². The van der Waals surface area contributed by atoms with Crippen molar-refractivity contribution in [1.29, 1.82) is 0 Å². The second-order valence-electron chi connectivity index (χ2n) is 5.70. The molecule has 2 atom stereocenters. The first-order chi connectivity index (χ1) is 10.3. The van der Waals surface area contributed by atoms with Gasteiger partial charge in [-0.05, 0) is 12.8 Å². The van der Waals surface area contributed by atoms with Gasteiger partial charge in [0.2, 0.25) is 0 Å². The van der Waals surface area contributed by atoms with Crippen molar-refractivity contribution < 1.29 is 23.7 Å². The third-order valence-corrected chi connectivity index (χ3v) is 4.00. The summed E-state index contributed by atoms with van der Waals surface area (Å²) in [5, 5.41) is 3.50. The maximum atomic E-state index is 12.2. The fourth-order valence-electron chi connectivity index (χ4n) is 2.94. The van der Waals surface area contributed by atoms with Gasteiger partial charge in [-0.2, -0.15) is 0 Å². The molecule has 6 nitrogen and oxygen atoms in total. The molecule has 2 saturated heterocycles. The van der Waals surface area contributed by atoms with Crippen molar-refractivity contribution in [3.63, 3.8) is 0 Å². The highest BCUT2D eigenvalue weighted by Gasteiger charge is 2.34. The van der Waals surface area contributed by atoms with Crippen LogP contribution < -0.4 is 5.32 Å². The molecule has 2 aliphatic heterocycles. The number of hydrogen-bond donors (Lipinski definition) is 1. The molecular weight excluding hydrogens is 274 g/mol. The van der Waals surface area contributed by atoms with Crippen LogP contribution in [0, 0.1) is 5.92 Å². The lowest BCUT2D eigenvalue weighted by Gasteiger charge is -2.39. The molecule has 0 amide bonds. The molecule has 1 N–H and O–H groups in total. The van der Waals surface area contributed by atoms with Gasteiger partial charge in [-0.15, -0.1) is 0 Å². The summed E-state index contributed by atoms with van der Waals surface area (Å²) in [5.74, 6) is 0.500. The molecular formula is C15H27NO5. The van der Waals surface area contributed by atoms with Gasteiger partial charge in [0.05, 0.1) is 46.2 Å². The van der Waals surface area contributed by atoms with Crippen molar-refractivity contribution in [2.75, 3.05) is 53.4 Å². The minimum Gasteiger partial charge on any atom is -0.382 e. The van der Waals surface area contributed by atoms with Crippen molar-refractivity contribution in [2.24, 2.45) is 5.92 Å². The molecule has 6 heteroatoms. The van der Waals surface area contributed by atoms with E-state index in [4.69, 9.17) is 18.9 Å². The molecule has 0 aromatic carbocycles. The van der Waals surface area contributed by atoms with Crippen molar-refractivity contribution in [3.05, 3.63) is 0 Å². The van der Waals surface area contributed by atoms with E-state index in [0.29, 0.717) is 57.3 Å². The summed E-state index contributed by atoms with van der Waals surface area (Å²) in [6.45, 7) is 4.21. The number of ketones is 1. The fourth-order valence-corrected chi connectivity index (χ4v) is 2.94. The van der Waals surface area contributed by atoms with Crippen molar-refractivity contribution in [3.8, 4) is 0 Å². The van der Waals surface area contributed by atoms with Gasteiger partial charge in [0.1, 0.15) is 5.78 Å². The zero-order valence-corrected chi connectivity index (χ0v) is 12.8. The van der Waals surface area contributed by atoms with E-state index in [9.17, 15) is 4.79 Å². The van der Waals surface area contributed by atoms with Crippen molar-refractivity contribution >= 4 is 5.78 Å². The number of hydrogen-bond acceptors (Lipinski definition) is 6. The van der Waals surface area contributed by atoms with E-state index in [0.717, 1.165) is 26.1 Å². The largest absolute Gasteiger partial charge is 0.382 e. The second kappa shape index (κ2) is 9.48. The van der Waals surface area contributed by atoms with Crippen LogP contribution in [0.3, 0.4) is 0 Å². The van der Waals surface area contributed by atoms with Crippen LogP contribution in [0.4, 0.5) is 0 Å². The Balaban J connectivity index is 1.51. The third-order valence-electron chi connectivity index (χ3n) is 4.00. The molecule has 0 aromatic rings. The maximum Gasteiger partial charge on any atom is 0.138 e. The molecule has 0 aliphatic carbocycles. The molecule has 0 saturated carbocycles. The highest BCUT2D eigenvalue weighted by molar-refractivity contribution is 5.81. The summed E-state index contributed by atoms with van der Waals surface area (Å²) in [6.07, 6.45) is 2.30. The van der Waals surface area contributed by atoms with Gasteiger partial charge >= 0.3 is 0 Å². The van der Waals surface area contributed by atoms with Crippen LogP contribution in [0.2, 0.25) is 0 Å². The highest BCUT2D eigenvalue weighted by Crippen LogP contribution is 2.25. The first-order valence-electron chi connectivity index (χ1n) is 7.80. The van der Waals surface area contributed by atoms with E-state index in [1.165, 1.54) is 0 Å². The Hall–Kier alpha value is -0.530. The summed E-state index contributed by atoms with van der Waals surface area (Å²) in [7, 11) is 1.65. The molecule has 2 heterocycles. The highest BCUT2D eigenvalue weighted by atomic mass is 16.5. The van der Waals surface area contributed by atoms with E-state index in [1.54, 1.807) is 7.11 Å². The molecule has 2 aliphatic rings. The number of Topliss-reactive ketones (excluding diaryl/α,β-unsaturated/α-hetero) is 1. The molecule has 2 unspecified atom stereocenters. The number of nitrogens with one attached hydrogen (secondary N) is 1. The summed E-state index contributed by atoms with van der Waals surface area (Å²) in [4.78, 5) is 12.2. The van der Waals surface area contributed by atoms with E-state index in [1.807, 2.05) is 0 Å². The van der Waals surface area contributed by atoms with Crippen LogP contribution >= 0.6 is 0 Å². The monoisotopic (exact) mass is 301 g/mol. The maximum absolute atomic E-state index is 12.2. The molecule has 0 radical (unpaired) electrons. The average molecular weight is 301 g/mol. The van der Waals surface area contributed by atoms with E-state index in [2.05, 4.69) is 5.32 Å². The topological polar surface area (TPSA) is 66.0 Å². The zero-order chi connectivity index (χ0) is 14.9. The Morgan fingerprint density at radius 3 is 2.33 bits per heavy atom.